The Bertz CT molecular complexity index is 1020. The van der Waals surface area contributed by atoms with Gasteiger partial charge in [0.15, 0.2) is 17.3 Å². The zero-order chi connectivity index (χ0) is 26.7. The predicted molar refractivity (Wildman–Crippen MR) is 141 cm³/mol. The number of ketones is 3. The smallest absolute Gasteiger partial charge is 0.173 e. The average Bonchev–Trinajstić information content (AvgIpc) is 3.18. The minimum Gasteiger partial charge on any atom is -0.390 e. The molecule has 1 saturated carbocycles. The summed E-state index contributed by atoms with van der Waals surface area (Å²) >= 11 is 0. The Hall–Kier alpha value is -1.81. The number of fused-ring (bicyclic) bond motifs is 3. The van der Waals surface area contributed by atoms with Crippen molar-refractivity contribution in [1.29, 1.82) is 0 Å². The molecule has 4 nitrogen and oxygen atoms in total. The van der Waals surface area contributed by atoms with Gasteiger partial charge in [0.2, 0.25) is 0 Å². The van der Waals surface area contributed by atoms with Gasteiger partial charge >= 0.3 is 0 Å². The van der Waals surface area contributed by atoms with Crippen LogP contribution in [0.5, 0.6) is 0 Å². The van der Waals surface area contributed by atoms with Gasteiger partial charge in [0, 0.05) is 5.92 Å². The van der Waals surface area contributed by atoms with E-state index in [0.717, 1.165) is 17.6 Å². The molecule has 4 atom stereocenters. The maximum absolute atomic E-state index is 14.8. The van der Waals surface area contributed by atoms with Crippen molar-refractivity contribution in [3.63, 3.8) is 0 Å². The maximum Gasteiger partial charge on any atom is 0.173 e. The first-order valence-corrected chi connectivity index (χ1v) is 13.3. The minimum atomic E-state index is -1.28. The van der Waals surface area contributed by atoms with Crippen LogP contribution < -0.4 is 0 Å². The lowest BCUT2D eigenvalue weighted by molar-refractivity contribution is -0.172. The van der Waals surface area contributed by atoms with Gasteiger partial charge in [-0.1, -0.05) is 51.0 Å². The molecular weight excluding hydrogens is 436 g/mol. The van der Waals surface area contributed by atoms with E-state index in [2.05, 4.69) is 33.8 Å². The molecule has 3 rings (SSSR count). The van der Waals surface area contributed by atoms with Crippen molar-refractivity contribution in [1.82, 2.24) is 0 Å². The van der Waals surface area contributed by atoms with Gasteiger partial charge in [-0.3, -0.25) is 14.4 Å². The fraction of sp³-hybridized carbons (Fsp3) is 0.710. The van der Waals surface area contributed by atoms with Crippen LogP contribution in [0.4, 0.5) is 0 Å². The molecular formula is C31H46O4. The highest BCUT2D eigenvalue weighted by molar-refractivity contribution is 6.28. The van der Waals surface area contributed by atoms with E-state index in [1.54, 1.807) is 13.8 Å². The third-order valence-electron chi connectivity index (χ3n) is 9.46. The monoisotopic (exact) mass is 482 g/mol. The van der Waals surface area contributed by atoms with Gasteiger partial charge in [-0.05, 0) is 102 Å². The fourth-order valence-corrected chi connectivity index (χ4v) is 7.02. The molecule has 0 radical (unpaired) electrons. The van der Waals surface area contributed by atoms with Gasteiger partial charge in [-0.2, -0.15) is 0 Å². The number of Topliss-reactive ketones (excluding diaryl/α,β-unsaturated/α-hetero) is 3. The van der Waals surface area contributed by atoms with Crippen LogP contribution in [0, 0.1) is 34.0 Å². The van der Waals surface area contributed by atoms with Crippen LogP contribution in [0.15, 0.2) is 34.4 Å². The van der Waals surface area contributed by atoms with Crippen molar-refractivity contribution >= 4 is 17.3 Å². The van der Waals surface area contributed by atoms with Crippen LogP contribution in [0.2, 0.25) is 0 Å². The van der Waals surface area contributed by atoms with Crippen molar-refractivity contribution in [2.75, 3.05) is 0 Å². The lowest BCUT2D eigenvalue weighted by Gasteiger charge is -2.60. The highest BCUT2D eigenvalue weighted by Gasteiger charge is 2.74. The van der Waals surface area contributed by atoms with Crippen LogP contribution in [-0.2, 0) is 14.4 Å². The topological polar surface area (TPSA) is 71.4 Å². The molecule has 1 N–H and O–H groups in total. The number of rotatable bonds is 7. The van der Waals surface area contributed by atoms with Crippen LogP contribution in [-0.4, -0.2) is 28.1 Å². The highest BCUT2D eigenvalue weighted by atomic mass is 16.3. The molecule has 0 aromatic rings. The molecule has 3 aliphatic carbocycles. The Morgan fingerprint density at radius 2 is 1.63 bits per heavy atom. The Labute approximate surface area is 212 Å². The van der Waals surface area contributed by atoms with E-state index in [9.17, 15) is 19.5 Å². The first-order chi connectivity index (χ1) is 15.9. The standard InChI is InChI=1S/C31H46O4/c1-18(2)11-12-21-17-30(25(32)20(5)6)24-16-22(29(9,10)35)15-23(24)26(33)31(27(30)34,28(21,7)8)14-13-19(3)4/h11,13,20-22,35H,12,14-17H2,1-10H3/t21-,22+,30-,31+/m0/s1. The van der Waals surface area contributed by atoms with Crippen LogP contribution >= 0.6 is 0 Å². The normalized spacial score (nSPS) is 32.0. The molecule has 0 amide bonds. The summed E-state index contributed by atoms with van der Waals surface area (Å²) in [5, 5.41) is 10.9. The number of hydrogen-bond donors (Lipinski definition) is 1. The van der Waals surface area contributed by atoms with Gasteiger partial charge in [0.1, 0.15) is 10.8 Å². The van der Waals surface area contributed by atoms with Gasteiger partial charge < -0.3 is 5.11 Å². The number of aliphatic hydroxyl groups is 1. The lowest BCUT2D eigenvalue weighted by atomic mass is 9.38. The van der Waals surface area contributed by atoms with E-state index in [-0.39, 0.29) is 35.1 Å². The molecule has 0 aliphatic heterocycles. The Morgan fingerprint density at radius 3 is 2.11 bits per heavy atom. The molecule has 35 heavy (non-hydrogen) atoms. The number of hydrogen-bond acceptors (Lipinski definition) is 4. The van der Waals surface area contributed by atoms with Crippen molar-refractivity contribution < 1.29 is 19.5 Å². The minimum absolute atomic E-state index is 0.00236. The molecule has 0 aromatic carbocycles. The molecule has 4 heteroatoms. The first-order valence-electron chi connectivity index (χ1n) is 13.3. The van der Waals surface area contributed by atoms with Crippen LogP contribution in [0.1, 0.15) is 101 Å². The van der Waals surface area contributed by atoms with Crippen LogP contribution in [0.3, 0.4) is 0 Å². The number of allylic oxidation sites excluding steroid dienone is 6. The summed E-state index contributed by atoms with van der Waals surface area (Å²) in [5.74, 6) is -0.838. The SMILES string of the molecule is CC(C)=CC[C@H]1C[C@]2(C(=O)C(C)C)C(=O)[C@@](CC=C(C)C)(C(=O)C3=C2C[C@H](C(C)(C)O)C3)C1(C)C. The summed E-state index contributed by atoms with van der Waals surface area (Å²) < 4.78 is 0. The Kier molecular flexibility index (Phi) is 7.09. The van der Waals surface area contributed by atoms with E-state index < -0.39 is 21.8 Å². The van der Waals surface area contributed by atoms with Crippen molar-refractivity contribution in [2.45, 2.75) is 107 Å². The molecule has 0 heterocycles. The molecule has 3 aliphatic rings. The van der Waals surface area contributed by atoms with Crippen LogP contribution in [0.25, 0.3) is 0 Å². The van der Waals surface area contributed by atoms with Gasteiger partial charge in [0.05, 0.1) is 5.60 Å². The van der Waals surface area contributed by atoms with E-state index in [4.69, 9.17) is 0 Å². The van der Waals surface area contributed by atoms with Gasteiger partial charge in [-0.25, -0.2) is 0 Å². The highest BCUT2D eigenvalue weighted by Crippen LogP contribution is 2.68. The third-order valence-corrected chi connectivity index (χ3v) is 9.46. The molecule has 0 saturated heterocycles. The molecule has 2 bridgehead atoms. The van der Waals surface area contributed by atoms with E-state index in [1.165, 1.54) is 5.57 Å². The Balaban J connectivity index is 2.39. The lowest BCUT2D eigenvalue weighted by Crippen LogP contribution is -2.68. The van der Waals surface area contributed by atoms with Crippen molar-refractivity contribution in [3.8, 4) is 0 Å². The summed E-state index contributed by atoms with van der Waals surface area (Å²) in [5.41, 5.74) is -0.538. The molecule has 194 valence electrons. The first kappa shape index (κ1) is 27.8. The second-order valence-electron chi connectivity index (χ2n) is 13.3. The maximum atomic E-state index is 14.8. The zero-order valence-corrected chi connectivity index (χ0v) is 23.6. The third kappa shape index (κ3) is 4.04. The van der Waals surface area contributed by atoms with Gasteiger partial charge in [0.25, 0.3) is 0 Å². The quantitative estimate of drug-likeness (QED) is 0.329. The number of carbonyl (C=O) groups excluding carboxylic acids is 3. The summed E-state index contributed by atoms with van der Waals surface area (Å²) in [6.07, 6.45) is 6.57. The van der Waals surface area contributed by atoms with E-state index in [1.807, 2.05) is 33.8 Å². The largest absolute Gasteiger partial charge is 0.390 e. The van der Waals surface area contributed by atoms with E-state index in [0.29, 0.717) is 31.3 Å². The molecule has 0 spiro atoms. The summed E-state index contributed by atoms with van der Waals surface area (Å²) in [6.45, 7) is 19.5. The molecule has 0 unspecified atom stereocenters. The predicted octanol–water partition coefficient (Wildman–Crippen LogP) is 6.57. The number of carbonyl (C=O) groups is 3. The van der Waals surface area contributed by atoms with E-state index >= 15 is 0 Å². The summed E-state index contributed by atoms with van der Waals surface area (Å²) in [6, 6.07) is 0. The summed E-state index contributed by atoms with van der Waals surface area (Å²) in [4.78, 5) is 43.6. The van der Waals surface area contributed by atoms with Crippen molar-refractivity contribution in [2.24, 2.45) is 34.0 Å². The molecule has 1 fully saturated rings. The van der Waals surface area contributed by atoms with Crippen molar-refractivity contribution in [3.05, 3.63) is 34.4 Å². The second kappa shape index (κ2) is 8.94. The Morgan fingerprint density at radius 1 is 1.06 bits per heavy atom. The van der Waals surface area contributed by atoms with Gasteiger partial charge in [-0.15, -0.1) is 0 Å². The summed E-state index contributed by atoms with van der Waals surface area (Å²) in [7, 11) is 0. The second-order valence-corrected chi connectivity index (χ2v) is 13.3. The molecule has 0 aromatic heterocycles. The fourth-order valence-electron chi connectivity index (χ4n) is 7.02. The average molecular weight is 483 g/mol. The zero-order valence-electron chi connectivity index (χ0n) is 23.6.